The van der Waals surface area contributed by atoms with E-state index in [1.807, 2.05) is 35.2 Å². The van der Waals surface area contributed by atoms with Crippen LogP contribution in [-0.2, 0) is 4.74 Å². The summed E-state index contributed by atoms with van der Waals surface area (Å²) >= 11 is 0. The fourth-order valence-electron chi connectivity index (χ4n) is 3.84. The Labute approximate surface area is 162 Å². The molecule has 142 valence electrons. The molecule has 0 radical (unpaired) electrons. The second-order valence-electron chi connectivity index (χ2n) is 7.12. The summed E-state index contributed by atoms with van der Waals surface area (Å²) in [4.78, 5) is 17.5. The lowest BCUT2D eigenvalue weighted by atomic mass is 9.93. The smallest absolute Gasteiger partial charge is 0.241 e. The number of hydrogen-bond donors (Lipinski definition) is 1. The van der Waals surface area contributed by atoms with Gasteiger partial charge in [0.15, 0.2) is 5.65 Å². The fourth-order valence-corrected chi connectivity index (χ4v) is 3.84. The van der Waals surface area contributed by atoms with Gasteiger partial charge >= 0.3 is 0 Å². The Bertz CT molecular complexity index is 1120. The lowest BCUT2D eigenvalue weighted by Gasteiger charge is -2.28. The van der Waals surface area contributed by atoms with Crippen LogP contribution in [0.5, 0.6) is 0 Å². The molecule has 28 heavy (non-hydrogen) atoms. The van der Waals surface area contributed by atoms with Gasteiger partial charge in [0.05, 0.1) is 17.8 Å². The molecule has 4 aromatic rings. The Morgan fingerprint density at radius 1 is 1.04 bits per heavy atom. The third-order valence-electron chi connectivity index (χ3n) is 5.39. The van der Waals surface area contributed by atoms with Crippen molar-refractivity contribution < 1.29 is 4.74 Å². The molecule has 4 heterocycles. The maximum Gasteiger partial charge on any atom is 0.241 e. The number of nitrogens with zero attached hydrogens (tertiary/aromatic N) is 6. The first-order chi connectivity index (χ1) is 13.8. The summed E-state index contributed by atoms with van der Waals surface area (Å²) in [5, 5.41) is 8.09. The highest BCUT2D eigenvalue weighted by molar-refractivity contribution is 5.84. The van der Waals surface area contributed by atoms with E-state index in [1.165, 1.54) is 0 Å². The second-order valence-corrected chi connectivity index (χ2v) is 7.12. The van der Waals surface area contributed by atoms with Crippen molar-refractivity contribution in [3.05, 3.63) is 43.1 Å². The number of aromatic nitrogens is 6. The molecule has 0 bridgehead atoms. The van der Waals surface area contributed by atoms with E-state index in [0.717, 1.165) is 47.8 Å². The summed E-state index contributed by atoms with van der Waals surface area (Å²) < 4.78 is 7.30. The monoisotopic (exact) mass is 375 g/mol. The summed E-state index contributed by atoms with van der Waals surface area (Å²) in [6, 6.07) is 4.41. The molecule has 8 nitrogen and oxygen atoms in total. The second kappa shape index (κ2) is 7.12. The minimum absolute atomic E-state index is 0.383. The fraction of sp³-hybridized carbons (Fsp3) is 0.350. The van der Waals surface area contributed by atoms with Crippen LogP contribution in [0.1, 0.15) is 25.7 Å². The molecule has 0 aromatic carbocycles. The van der Waals surface area contributed by atoms with Crippen molar-refractivity contribution >= 4 is 22.6 Å². The van der Waals surface area contributed by atoms with Crippen LogP contribution in [0.2, 0.25) is 0 Å². The highest BCUT2D eigenvalue weighted by Gasteiger charge is 2.21. The van der Waals surface area contributed by atoms with E-state index in [0.29, 0.717) is 23.7 Å². The summed E-state index contributed by atoms with van der Waals surface area (Å²) in [5.74, 6) is 0.651. The van der Waals surface area contributed by atoms with E-state index < -0.39 is 0 Å². The molecule has 0 unspecified atom stereocenters. The van der Waals surface area contributed by atoms with E-state index in [9.17, 15) is 0 Å². The molecule has 8 heteroatoms. The Morgan fingerprint density at radius 3 is 2.75 bits per heavy atom. The van der Waals surface area contributed by atoms with Gasteiger partial charge in [-0.25, -0.2) is 19.5 Å². The number of ether oxygens (including phenoxy) is 1. The zero-order chi connectivity index (χ0) is 18.9. The Kier molecular flexibility index (Phi) is 4.32. The zero-order valence-corrected chi connectivity index (χ0v) is 15.6. The van der Waals surface area contributed by atoms with Gasteiger partial charge in [0.1, 0.15) is 5.52 Å². The lowest BCUT2D eigenvalue weighted by molar-refractivity contribution is 0.0681. The minimum Gasteiger partial charge on any atom is -0.381 e. The van der Waals surface area contributed by atoms with Crippen molar-refractivity contribution in [2.24, 2.45) is 0 Å². The van der Waals surface area contributed by atoms with E-state index in [-0.39, 0.29) is 0 Å². The standard InChI is InChI=1S/C20H21N7O/c1-28-15-4-2-14(3-5-15)25-20-24-12-18-16(6-9-27(18)26-20)13-10-17-19(23-11-13)22-8-7-21-17/h6-12,14-15H,2-5H2,1H3,(H,25,26)/t14-,15-. The average Bonchev–Trinajstić information content (AvgIpc) is 3.17. The minimum atomic E-state index is 0.383. The topological polar surface area (TPSA) is 90.1 Å². The van der Waals surface area contributed by atoms with Gasteiger partial charge in [0.25, 0.3) is 0 Å². The van der Waals surface area contributed by atoms with Crippen LogP contribution in [0.15, 0.2) is 43.1 Å². The Balaban J connectivity index is 1.40. The van der Waals surface area contributed by atoms with Crippen molar-refractivity contribution in [1.82, 2.24) is 29.5 Å². The number of fused-ring (bicyclic) bond motifs is 2. The predicted octanol–water partition coefficient (Wildman–Crippen LogP) is 3.10. The van der Waals surface area contributed by atoms with Crippen LogP contribution in [0, 0.1) is 0 Å². The lowest BCUT2D eigenvalue weighted by Crippen LogP contribution is -2.30. The number of pyridine rings is 1. The van der Waals surface area contributed by atoms with E-state index in [2.05, 4.69) is 30.4 Å². The normalized spacial score (nSPS) is 19.9. The van der Waals surface area contributed by atoms with Gasteiger partial charge in [-0.2, -0.15) is 0 Å². The Hall–Kier alpha value is -3.13. The first-order valence-corrected chi connectivity index (χ1v) is 9.51. The van der Waals surface area contributed by atoms with Gasteiger partial charge < -0.3 is 10.1 Å². The highest BCUT2D eigenvalue weighted by Crippen LogP contribution is 2.27. The molecule has 1 aliphatic carbocycles. The molecule has 0 saturated heterocycles. The molecule has 1 aliphatic rings. The van der Waals surface area contributed by atoms with E-state index in [4.69, 9.17) is 4.74 Å². The SMILES string of the molecule is CO[C@H]1CC[C@H](Nc2ncc3c(-c4cnc5nccnc5c4)ccn3n2)CC1. The molecule has 1 saturated carbocycles. The maximum atomic E-state index is 5.44. The third-order valence-corrected chi connectivity index (χ3v) is 5.39. The number of anilines is 1. The van der Waals surface area contributed by atoms with Crippen LogP contribution in [0.4, 0.5) is 5.95 Å². The molecule has 0 aliphatic heterocycles. The van der Waals surface area contributed by atoms with Crippen LogP contribution in [-0.4, -0.2) is 48.8 Å². The number of hydrogen-bond acceptors (Lipinski definition) is 7. The summed E-state index contributed by atoms with van der Waals surface area (Å²) in [5.41, 5.74) is 4.33. The van der Waals surface area contributed by atoms with Gasteiger partial charge in [-0.3, -0.25) is 4.98 Å². The van der Waals surface area contributed by atoms with Crippen molar-refractivity contribution in [1.29, 1.82) is 0 Å². The van der Waals surface area contributed by atoms with Crippen molar-refractivity contribution in [3.8, 4) is 11.1 Å². The van der Waals surface area contributed by atoms with Gasteiger partial charge in [-0.05, 0) is 37.8 Å². The van der Waals surface area contributed by atoms with E-state index >= 15 is 0 Å². The van der Waals surface area contributed by atoms with Crippen LogP contribution in [0.3, 0.4) is 0 Å². The molecule has 5 rings (SSSR count). The quantitative estimate of drug-likeness (QED) is 0.586. The molecule has 1 N–H and O–H groups in total. The average molecular weight is 375 g/mol. The molecular formula is C20H21N7O. The maximum absolute atomic E-state index is 5.44. The predicted molar refractivity (Wildman–Crippen MR) is 106 cm³/mol. The molecule has 0 atom stereocenters. The molecule has 0 amide bonds. The van der Waals surface area contributed by atoms with Gasteiger partial charge in [0.2, 0.25) is 5.95 Å². The molecular weight excluding hydrogens is 354 g/mol. The van der Waals surface area contributed by atoms with E-state index in [1.54, 1.807) is 19.5 Å². The van der Waals surface area contributed by atoms with Gasteiger partial charge in [-0.1, -0.05) is 0 Å². The highest BCUT2D eigenvalue weighted by atomic mass is 16.5. The Morgan fingerprint density at radius 2 is 1.89 bits per heavy atom. The molecule has 1 fully saturated rings. The summed E-state index contributed by atoms with van der Waals surface area (Å²) in [6.45, 7) is 0. The third kappa shape index (κ3) is 3.16. The van der Waals surface area contributed by atoms with Crippen molar-refractivity contribution in [2.45, 2.75) is 37.8 Å². The first kappa shape index (κ1) is 17.0. The molecule has 4 aromatic heterocycles. The van der Waals surface area contributed by atoms with Gasteiger partial charge in [0, 0.05) is 49.1 Å². The first-order valence-electron chi connectivity index (χ1n) is 9.51. The van der Waals surface area contributed by atoms with Crippen molar-refractivity contribution in [2.75, 3.05) is 12.4 Å². The largest absolute Gasteiger partial charge is 0.381 e. The van der Waals surface area contributed by atoms with Crippen molar-refractivity contribution in [3.63, 3.8) is 0 Å². The summed E-state index contributed by atoms with van der Waals surface area (Å²) in [7, 11) is 1.79. The van der Waals surface area contributed by atoms with Crippen LogP contribution < -0.4 is 5.32 Å². The zero-order valence-electron chi connectivity index (χ0n) is 15.6. The summed E-state index contributed by atoms with van der Waals surface area (Å²) in [6.07, 6.45) is 13.6. The number of rotatable bonds is 4. The van der Waals surface area contributed by atoms with Crippen LogP contribution >= 0.6 is 0 Å². The number of methoxy groups -OCH3 is 1. The molecule has 0 spiro atoms. The number of nitrogens with one attached hydrogen (secondary N) is 1. The van der Waals surface area contributed by atoms with Gasteiger partial charge in [-0.15, -0.1) is 5.10 Å². The van der Waals surface area contributed by atoms with Crippen LogP contribution in [0.25, 0.3) is 27.8 Å².